The molecule has 7 nitrogen and oxygen atoms in total. The average molecular weight is 412 g/mol. The first kappa shape index (κ1) is 20.4. The van der Waals surface area contributed by atoms with Crippen LogP contribution >= 0.6 is 0 Å². The Morgan fingerprint density at radius 1 is 1.33 bits per heavy atom. The molecule has 1 atom stereocenters. The van der Waals surface area contributed by atoms with E-state index in [2.05, 4.69) is 4.98 Å². The van der Waals surface area contributed by atoms with Crippen molar-refractivity contribution < 1.29 is 18.7 Å². The summed E-state index contributed by atoms with van der Waals surface area (Å²) in [7, 11) is 1.51. The van der Waals surface area contributed by atoms with Crippen molar-refractivity contribution in [3.8, 4) is 0 Å². The van der Waals surface area contributed by atoms with Crippen molar-refractivity contribution >= 4 is 17.6 Å². The Labute approximate surface area is 174 Å². The van der Waals surface area contributed by atoms with Crippen molar-refractivity contribution in [2.24, 2.45) is 0 Å². The van der Waals surface area contributed by atoms with E-state index in [1.165, 1.54) is 19.2 Å². The Balaban J connectivity index is 1.60. The number of aryl methyl sites for hydroxylation is 1. The van der Waals surface area contributed by atoms with Crippen molar-refractivity contribution in [3.05, 3.63) is 52.7 Å². The molecule has 1 aromatic carbocycles. The van der Waals surface area contributed by atoms with Gasteiger partial charge < -0.3 is 9.64 Å². The van der Waals surface area contributed by atoms with Crippen LogP contribution in [-0.4, -0.2) is 53.5 Å². The highest BCUT2D eigenvalue weighted by Gasteiger charge is 2.34. The molecule has 0 unspecified atom stereocenters. The average Bonchev–Trinajstić information content (AvgIpc) is 3.04. The zero-order valence-electron chi connectivity index (χ0n) is 17.2. The number of carbonyl (C=O) groups is 2. The summed E-state index contributed by atoms with van der Waals surface area (Å²) in [6, 6.07) is 6.24. The van der Waals surface area contributed by atoms with E-state index in [4.69, 9.17) is 9.72 Å². The topological polar surface area (TPSA) is 75.6 Å². The molecule has 4 rings (SSSR count). The second-order valence-electron chi connectivity index (χ2n) is 7.87. The molecule has 0 spiro atoms. The van der Waals surface area contributed by atoms with Gasteiger partial charge in [-0.05, 0) is 37.5 Å². The first-order chi connectivity index (χ1) is 14.5. The fourth-order valence-electron chi connectivity index (χ4n) is 4.19. The summed E-state index contributed by atoms with van der Waals surface area (Å²) >= 11 is 0. The number of fused-ring (bicyclic) bond motifs is 1. The van der Waals surface area contributed by atoms with Gasteiger partial charge in [0.1, 0.15) is 24.1 Å². The summed E-state index contributed by atoms with van der Waals surface area (Å²) in [6.07, 6.45) is 2.00. The van der Waals surface area contributed by atoms with Crippen LogP contribution in [0.15, 0.2) is 24.3 Å². The Kier molecular flexibility index (Phi) is 5.76. The minimum Gasteiger partial charge on any atom is -0.375 e. The van der Waals surface area contributed by atoms with E-state index in [1.54, 1.807) is 21.9 Å². The molecule has 0 N–H and O–H groups in total. The van der Waals surface area contributed by atoms with Gasteiger partial charge in [-0.2, -0.15) is 0 Å². The molecule has 8 heteroatoms. The maximum absolute atomic E-state index is 13.6. The largest absolute Gasteiger partial charge is 0.375 e. The third-order valence-corrected chi connectivity index (χ3v) is 5.73. The van der Waals surface area contributed by atoms with E-state index in [0.717, 1.165) is 24.1 Å². The summed E-state index contributed by atoms with van der Waals surface area (Å²) in [5.74, 6) is 0.830. The van der Waals surface area contributed by atoms with Crippen LogP contribution in [0.25, 0.3) is 0 Å². The van der Waals surface area contributed by atoms with Crippen LogP contribution in [-0.2, 0) is 27.3 Å². The second-order valence-corrected chi connectivity index (χ2v) is 7.87. The first-order valence-corrected chi connectivity index (χ1v) is 10.1. The third-order valence-electron chi connectivity index (χ3n) is 5.73. The summed E-state index contributed by atoms with van der Waals surface area (Å²) in [5.41, 5.74) is 2.32. The molecule has 2 aliphatic heterocycles. The van der Waals surface area contributed by atoms with Crippen molar-refractivity contribution in [1.29, 1.82) is 0 Å². The smallest absolute Gasteiger partial charge is 0.248 e. The first-order valence-electron chi connectivity index (χ1n) is 10.1. The Bertz CT molecular complexity index is 981. The number of rotatable bonds is 5. The molecule has 2 aliphatic rings. The second kappa shape index (κ2) is 8.47. The third kappa shape index (κ3) is 4.05. The summed E-state index contributed by atoms with van der Waals surface area (Å²) in [4.78, 5) is 37.7. The van der Waals surface area contributed by atoms with Gasteiger partial charge in [-0.1, -0.05) is 12.1 Å². The molecule has 158 valence electrons. The van der Waals surface area contributed by atoms with Crippen molar-refractivity contribution in [2.75, 3.05) is 31.7 Å². The van der Waals surface area contributed by atoms with Crippen LogP contribution < -0.4 is 4.90 Å². The van der Waals surface area contributed by atoms with Gasteiger partial charge in [0.25, 0.3) is 0 Å². The summed E-state index contributed by atoms with van der Waals surface area (Å²) < 4.78 is 18.6. The van der Waals surface area contributed by atoms with Crippen molar-refractivity contribution in [3.63, 3.8) is 0 Å². The van der Waals surface area contributed by atoms with Crippen LogP contribution in [0.1, 0.15) is 41.4 Å². The number of ether oxygens (including phenoxy) is 1. The van der Waals surface area contributed by atoms with Gasteiger partial charge in [0.05, 0.1) is 13.0 Å². The van der Waals surface area contributed by atoms with Gasteiger partial charge in [-0.15, -0.1) is 0 Å². The molecule has 3 heterocycles. The predicted molar refractivity (Wildman–Crippen MR) is 108 cm³/mol. The lowest BCUT2D eigenvalue weighted by molar-refractivity contribution is -0.136. The van der Waals surface area contributed by atoms with Gasteiger partial charge in [-0.3, -0.25) is 14.5 Å². The standard InChI is InChI=1S/C22H25FN4O3/c1-14-18-10-19(28)27(11-15-5-3-7-17(23)9-15)22(18)25-21(24-14)16-6-4-8-26(12-16)20(29)13-30-2/h3,5,7,9,16H,4,6,8,10-13H2,1-2H3/t16-/m1/s1. The van der Waals surface area contributed by atoms with E-state index in [9.17, 15) is 14.0 Å². The number of hydrogen-bond donors (Lipinski definition) is 0. The molecule has 2 amide bonds. The molecule has 1 aromatic heterocycles. The van der Waals surface area contributed by atoms with Gasteiger partial charge in [0, 0.05) is 37.4 Å². The molecule has 0 saturated carbocycles. The molecule has 1 saturated heterocycles. The lowest BCUT2D eigenvalue weighted by Gasteiger charge is -2.32. The van der Waals surface area contributed by atoms with E-state index in [-0.39, 0.29) is 43.1 Å². The lowest BCUT2D eigenvalue weighted by Crippen LogP contribution is -2.41. The number of anilines is 1. The minimum atomic E-state index is -0.332. The number of aromatic nitrogens is 2. The number of hydrogen-bond acceptors (Lipinski definition) is 5. The summed E-state index contributed by atoms with van der Waals surface area (Å²) in [5, 5.41) is 0. The predicted octanol–water partition coefficient (Wildman–Crippen LogP) is 2.37. The van der Waals surface area contributed by atoms with Crippen LogP contribution in [0.5, 0.6) is 0 Å². The SMILES string of the molecule is COCC(=O)N1CCC[C@@H](c2nc(C)c3c(n2)N(Cc2cccc(F)c2)C(=O)C3)C1. The van der Waals surface area contributed by atoms with E-state index < -0.39 is 0 Å². The maximum atomic E-state index is 13.6. The highest BCUT2D eigenvalue weighted by molar-refractivity contribution is 6.00. The van der Waals surface area contributed by atoms with Crippen LogP contribution in [0.2, 0.25) is 0 Å². The number of benzene rings is 1. The van der Waals surface area contributed by atoms with Crippen molar-refractivity contribution in [1.82, 2.24) is 14.9 Å². The molecule has 0 bridgehead atoms. The number of likely N-dealkylation sites (tertiary alicyclic amines) is 1. The van der Waals surface area contributed by atoms with E-state index in [0.29, 0.717) is 30.3 Å². The number of amides is 2. The molecule has 0 radical (unpaired) electrons. The molecule has 1 fully saturated rings. The monoisotopic (exact) mass is 412 g/mol. The van der Waals surface area contributed by atoms with Crippen LogP contribution in [0.4, 0.5) is 10.2 Å². The van der Waals surface area contributed by atoms with E-state index >= 15 is 0 Å². The lowest BCUT2D eigenvalue weighted by atomic mass is 9.96. The van der Waals surface area contributed by atoms with Gasteiger partial charge in [0.15, 0.2) is 0 Å². The molecular weight excluding hydrogens is 387 g/mol. The molecule has 0 aliphatic carbocycles. The molecular formula is C22H25FN4O3. The van der Waals surface area contributed by atoms with E-state index in [1.807, 2.05) is 6.92 Å². The zero-order chi connectivity index (χ0) is 21.3. The number of carbonyl (C=O) groups excluding carboxylic acids is 2. The van der Waals surface area contributed by atoms with Crippen LogP contribution in [0, 0.1) is 12.7 Å². The number of piperidine rings is 1. The summed E-state index contributed by atoms with van der Waals surface area (Å²) in [6.45, 7) is 3.46. The molecule has 2 aromatic rings. The number of methoxy groups -OCH3 is 1. The molecule has 30 heavy (non-hydrogen) atoms. The quantitative estimate of drug-likeness (QED) is 0.754. The van der Waals surface area contributed by atoms with Gasteiger partial charge in [0.2, 0.25) is 11.8 Å². The van der Waals surface area contributed by atoms with Gasteiger partial charge >= 0.3 is 0 Å². The minimum absolute atomic E-state index is 0.00952. The highest BCUT2D eigenvalue weighted by Crippen LogP contribution is 2.33. The van der Waals surface area contributed by atoms with Crippen molar-refractivity contribution in [2.45, 2.75) is 38.6 Å². The van der Waals surface area contributed by atoms with Gasteiger partial charge in [-0.25, -0.2) is 14.4 Å². The van der Waals surface area contributed by atoms with Crippen LogP contribution in [0.3, 0.4) is 0 Å². The Hall–Kier alpha value is -2.87. The normalized spacial score (nSPS) is 18.6. The number of nitrogens with zero attached hydrogens (tertiary/aromatic N) is 4. The Morgan fingerprint density at radius 2 is 2.17 bits per heavy atom. The highest BCUT2D eigenvalue weighted by atomic mass is 19.1. The number of halogens is 1. The Morgan fingerprint density at radius 3 is 2.93 bits per heavy atom. The maximum Gasteiger partial charge on any atom is 0.248 e. The zero-order valence-corrected chi connectivity index (χ0v) is 17.2. The fourth-order valence-corrected chi connectivity index (χ4v) is 4.19. The fraction of sp³-hybridized carbons (Fsp3) is 0.455.